The summed E-state index contributed by atoms with van der Waals surface area (Å²) in [6, 6.07) is 28.7. The molecule has 1 aliphatic rings. The van der Waals surface area contributed by atoms with E-state index in [1.807, 2.05) is 47.5 Å². The molecule has 3 aromatic rings. The maximum Gasteiger partial charge on any atom is 0.174 e. The molecule has 4 heteroatoms. The lowest BCUT2D eigenvalue weighted by molar-refractivity contribution is 0.118. The van der Waals surface area contributed by atoms with Crippen molar-refractivity contribution in [3.63, 3.8) is 0 Å². The second kappa shape index (κ2) is 7.53. The van der Waals surface area contributed by atoms with E-state index >= 15 is 0 Å². The largest absolute Gasteiger partial charge is 0.497 e. The lowest BCUT2D eigenvalue weighted by Crippen LogP contribution is -2.21. The van der Waals surface area contributed by atoms with Gasteiger partial charge in [-0.1, -0.05) is 54.6 Å². The summed E-state index contributed by atoms with van der Waals surface area (Å²) in [7, 11) is 1.64. The molecule has 0 N–H and O–H groups in total. The number of benzene rings is 3. The number of hydroxylamine groups is 1. The van der Waals surface area contributed by atoms with Gasteiger partial charge in [0, 0.05) is 6.42 Å². The van der Waals surface area contributed by atoms with Gasteiger partial charge in [-0.15, -0.1) is 0 Å². The summed E-state index contributed by atoms with van der Waals surface area (Å²) in [6.07, 6.45) is 0.179. The van der Waals surface area contributed by atoms with Gasteiger partial charge >= 0.3 is 0 Å². The van der Waals surface area contributed by atoms with E-state index in [1.165, 1.54) is 11.1 Å². The van der Waals surface area contributed by atoms with Crippen LogP contribution in [0.5, 0.6) is 5.75 Å². The van der Waals surface area contributed by atoms with Crippen molar-refractivity contribution in [2.45, 2.75) is 18.6 Å². The zero-order valence-electron chi connectivity index (χ0n) is 15.1. The highest BCUT2D eigenvalue weighted by atomic mass is 16.7. The number of nitrogens with zero attached hydrogens (tertiary/aromatic N) is 2. The minimum atomic E-state index is -0.453. The Bertz CT molecular complexity index is 931. The quantitative estimate of drug-likeness (QED) is 0.649. The molecule has 0 aromatic heterocycles. The van der Waals surface area contributed by atoms with Crippen LogP contribution in [0.1, 0.15) is 18.0 Å². The lowest BCUT2D eigenvalue weighted by atomic mass is 9.98. The van der Waals surface area contributed by atoms with Crippen molar-refractivity contribution in [2.75, 3.05) is 12.2 Å². The maximum atomic E-state index is 9.35. The summed E-state index contributed by atoms with van der Waals surface area (Å²) in [5.74, 6) is 0.790. The van der Waals surface area contributed by atoms with Crippen molar-refractivity contribution in [2.24, 2.45) is 0 Å². The van der Waals surface area contributed by atoms with Crippen LogP contribution in [0.2, 0.25) is 0 Å². The number of ether oxygens (including phenoxy) is 1. The van der Waals surface area contributed by atoms with Crippen LogP contribution >= 0.6 is 0 Å². The van der Waals surface area contributed by atoms with Gasteiger partial charge in [-0.05, 0) is 41.0 Å². The number of nitriles is 1. The van der Waals surface area contributed by atoms with E-state index in [9.17, 15) is 5.26 Å². The van der Waals surface area contributed by atoms with Crippen LogP contribution in [-0.4, -0.2) is 13.2 Å². The Hall–Kier alpha value is -3.29. The van der Waals surface area contributed by atoms with E-state index < -0.39 is 6.10 Å². The van der Waals surface area contributed by atoms with Crippen LogP contribution in [0.25, 0.3) is 11.1 Å². The SMILES string of the molecule is COc1ccc(N2OC(C#N)CC2c2ccc(-c3ccccc3)cc2)cc1. The molecule has 2 unspecified atom stereocenters. The molecule has 0 aliphatic carbocycles. The van der Waals surface area contributed by atoms with E-state index in [2.05, 4.69) is 42.5 Å². The molecule has 27 heavy (non-hydrogen) atoms. The van der Waals surface area contributed by atoms with Crippen LogP contribution in [-0.2, 0) is 4.84 Å². The average molecular weight is 356 g/mol. The molecule has 1 heterocycles. The highest BCUT2D eigenvalue weighted by molar-refractivity contribution is 5.63. The van der Waals surface area contributed by atoms with Gasteiger partial charge in [-0.3, -0.25) is 4.84 Å². The van der Waals surface area contributed by atoms with Crippen molar-refractivity contribution in [3.05, 3.63) is 84.4 Å². The fraction of sp³-hybridized carbons (Fsp3) is 0.174. The Morgan fingerprint density at radius 1 is 0.926 bits per heavy atom. The zero-order chi connectivity index (χ0) is 18.6. The Morgan fingerprint density at radius 2 is 1.59 bits per heavy atom. The van der Waals surface area contributed by atoms with Crippen LogP contribution in [0.4, 0.5) is 5.69 Å². The fourth-order valence-corrected chi connectivity index (χ4v) is 3.40. The average Bonchev–Trinajstić information content (AvgIpc) is 3.19. The minimum absolute atomic E-state index is 0.00660. The van der Waals surface area contributed by atoms with Crippen LogP contribution in [0, 0.1) is 11.3 Å². The summed E-state index contributed by atoms with van der Waals surface area (Å²) in [5, 5.41) is 11.2. The molecule has 1 fully saturated rings. The maximum absolute atomic E-state index is 9.35. The van der Waals surface area contributed by atoms with Crippen molar-refractivity contribution in [1.29, 1.82) is 5.26 Å². The molecule has 0 amide bonds. The third-order valence-corrected chi connectivity index (χ3v) is 4.83. The molecule has 134 valence electrons. The summed E-state index contributed by atoms with van der Waals surface area (Å²) in [6.45, 7) is 0. The van der Waals surface area contributed by atoms with Crippen molar-refractivity contribution in [3.8, 4) is 22.9 Å². The molecule has 0 spiro atoms. The van der Waals surface area contributed by atoms with Gasteiger partial charge in [-0.2, -0.15) is 5.26 Å². The predicted molar refractivity (Wildman–Crippen MR) is 105 cm³/mol. The normalized spacial score (nSPS) is 18.9. The zero-order valence-corrected chi connectivity index (χ0v) is 15.1. The summed E-state index contributed by atoms with van der Waals surface area (Å²) >= 11 is 0. The standard InChI is InChI=1S/C23H20N2O2/c1-26-21-13-11-20(12-14-21)25-23(15-22(16-24)27-25)19-9-7-18(8-10-19)17-5-3-2-4-6-17/h2-14,22-23H,15H2,1H3. The van der Waals surface area contributed by atoms with Gasteiger partial charge < -0.3 is 4.74 Å². The first-order valence-corrected chi connectivity index (χ1v) is 8.93. The molecule has 4 rings (SSSR count). The second-order valence-corrected chi connectivity index (χ2v) is 6.49. The molecule has 4 nitrogen and oxygen atoms in total. The molecule has 3 aromatic carbocycles. The number of anilines is 1. The third-order valence-electron chi connectivity index (χ3n) is 4.83. The molecular weight excluding hydrogens is 336 g/mol. The second-order valence-electron chi connectivity index (χ2n) is 6.49. The molecule has 2 atom stereocenters. The predicted octanol–water partition coefficient (Wildman–Crippen LogP) is 5.14. The molecule has 0 radical (unpaired) electrons. The molecule has 1 aliphatic heterocycles. The van der Waals surface area contributed by atoms with E-state index in [1.54, 1.807) is 7.11 Å². The smallest absolute Gasteiger partial charge is 0.174 e. The highest BCUT2D eigenvalue weighted by Crippen LogP contribution is 2.38. The first kappa shape index (κ1) is 17.1. The Balaban J connectivity index is 1.62. The van der Waals surface area contributed by atoms with Gasteiger partial charge in [-0.25, -0.2) is 5.06 Å². The van der Waals surface area contributed by atoms with Gasteiger partial charge in [0.1, 0.15) is 5.75 Å². The van der Waals surface area contributed by atoms with Crippen molar-refractivity contribution >= 4 is 5.69 Å². The first-order valence-electron chi connectivity index (χ1n) is 8.93. The summed E-state index contributed by atoms with van der Waals surface area (Å²) < 4.78 is 5.23. The summed E-state index contributed by atoms with van der Waals surface area (Å²) in [4.78, 5) is 5.88. The molecule has 0 saturated carbocycles. The Labute approximate surface area is 159 Å². The Morgan fingerprint density at radius 3 is 2.22 bits per heavy atom. The third kappa shape index (κ3) is 3.51. The van der Waals surface area contributed by atoms with Gasteiger partial charge in [0.2, 0.25) is 0 Å². The first-order chi connectivity index (χ1) is 13.3. The lowest BCUT2D eigenvalue weighted by Gasteiger charge is -2.25. The highest BCUT2D eigenvalue weighted by Gasteiger charge is 2.35. The monoisotopic (exact) mass is 356 g/mol. The Kier molecular flexibility index (Phi) is 4.78. The number of rotatable bonds is 4. The van der Waals surface area contributed by atoms with Gasteiger partial charge in [0.15, 0.2) is 6.10 Å². The van der Waals surface area contributed by atoms with Crippen LogP contribution < -0.4 is 9.80 Å². The van der Waals surface area contributed by atoms with E-state index in [0.717, 1.165) is 17.0 Å². The van der Waals surface area contributed by atoms with Crippen molar-refractivity contribution in [1.82, 2.24) is 0 Å². The molecular formula is C23H20N2O2. The topological polar surface area (TPSA) is 45.5 Å². The van der Waals surface area contributed by atoms with E-state index in [0.29, 0.717) is 6.42 Å². The van der Waals surface area contributed by atoms with Gasteiger partial charge in [0.25, 0.3) is 0 Å². The van der Waals surface area contributed by atoms with Crippen LogP contribution in [0.15, 0.2) is 78.9 Å². The molecule has 0 bridgehead atoms. The van der Waals surface area contributed by atoms with Crippen molar-refractivity contribution < 1.29 is 9.57 Å². The van der Waals surface area contributed by atoms with E-state index in [4.69, 9.17) is 9.57 Å². The number of hydrogen-bond donors (Lipinski definition) is 0. The number of hydrogen-bond acceptors (Lipinski definition) is 4. The summed E-state index contributed by atoms with van der Waals surface area (Å²) in [5.41, 5.74) is 4.40. The molecule has 1 saturated heterocycles. The van der Waals surface area contributed by atoms with Crippen LogP contribution in [0.3, 0.4) is 0 Å². The van der Waals surface area contributed by atoms with E-state index in [-0.39, 0.29) is 6.04 Å². The van der Waals surface area contributed by atoms with Gasteiger partial charge in [0.05, 0.1) is 24.9 Å². The number of methoxy groups -OCH3 is 1. The minimum Gasteiger partial charge on any atom is -0.497 e. The fourth-order valence-electron chi connectivity index (χ4n) is 3.40.